The van der Waals surface area contributed by atoms with Crippen LogP contribution in [-0.2, 0) is 0 Å². The van der Waals surface area contributed by atoms with E-state index in [1.54, 1.807) is 23.1 Å². The summed E-state index contributed by atoms with van der Waals surface area (Å²) in [6, 6.07) is 4.90. The average Bonchev–Trinajstić information content (AvgIpc) is 2.92. The van der Waals surface area contributed by atoms with Crippen molar-refractivity contribution >= 4 is 17.7 Å². The molecule has 0 spiro atoms. The molecule has 3 aliphatic rings. The molecule has 138 valence electrons. The standard InChI is InChI=1S/C20H25N3O3/c21-14-5-4-10-22(12-14)18(24)13-8-9-16-17(11-13)20(26)23(19(16)25)15-6-2-1-3-7-15/h8-9,11,14-15H,1-7,10,12,21H2. The third-order valence-corrected chi connectivity index (χ3v) is 5.85. The highest BCUT2D eigenvalue weighted by Crippen LogP contribution is 2.31. The van der Waals surface area contributed by atoms with E-state index in [0.29, 0.717) is 29.8 Å². The number of hydrogen-bond donors (Lipinski definition) is 1. The number of imide groups is 1. The van der Waals surface area contributed by atoms with Gasteiger partial charge in [0.1, 0.15) is 0 Å². The molecule has 6 heteroatoms. The molecule has 4 rings (SSSR count). The lowest BCUT2D eigenvalue weighted by molar-refractivity contribution is 0.0548. The zero-order valence-electron chi connectivity index (χ0n) is 14.9. The maximum absolute atomic E-state index is 12.9. The van der Waals surface area contributed by atoms with E-state index in [9.17, 15) is 14.4 Å². The number of likely N-dealkylation sites (tertiary alicyclic amines) is 1. The van der Waals surface area contributed by atoms with E-state index in [1.807, 2.05) is 0 Å². The molecule has 2 fully saturated rings. The fraction of sp³-hybridized carbons (Fsp3) is 0.550. The fourth-order valence-corrected chi connectivity index (χ4v) is 4.44. The van der Waals surface area contributed by atoms with Gasteiger partial charge in [0.15, 0.2) is 0 Å². The number of carbonyl (C=O) groups is 3. The van der Waals surface area contributed by atoms with E-state index in [1.165, 1.54) is 4.90 Å². The van der Waals surface area contributed by atoms with Crippen molar-refractivity contribution in [1.29, 1.82) is 0 Å². The molecule has 2 aliphatic heterocycles. The number of fused-ring (bicyclic) bond motifs is 1. The molecular formula is C20H25N3O3. The highest BCUT2D eigenvalue weighted by molar-refractivity contribution is 6.22. The van der Waals surface area contributed by atoms with Crippen LogP contribution in [0.4, 0.5) is 0 Å². The van der Waals surface area contributed by atoms with Crippen LogP contribution in [-0.4, -0.2) is 52.7 Å². The Balaban J connectivity index is 1.58. The summed E-state index contributed by atoms with van der Waals surface area (Å²) in [6.45, 7) is 1.22. The van der Waals surface area contributed by atoms with E-state index < -0.39 is 0 Å². The van der Waals surface area contributed by atoms with Crippen LogP contribution < -0.4 is 5.73 Å². The van der Waals surface area contributed by atoms with E-state index in [0.717, 1.165) is 44.9 Å². The summed E-state index contributed by atoms with van der Waals surface area (Å²) in [4.78, 5) is 41.5. The van der Waals surface area contributed by atoms with Crippen molar-refractivity contribution in [3.63, 3.8) is 0 Å². The van der Waals surface area contributed by atoms with Gasteiger partial charge in [-0.3, -0.25) is 19.3 Å². The second kappa shape index (κ2) is 6.83. The lowest BCUT2D eigenvalue weighted by atomic mass is 9.94. The third kappa shape index (κ3) is 2.92. The maximum atomic E-state index is 12.9. The van der Waals surface area contributed by atoms with Crippen LogP contribution in [0.1, 0.15) is 76.0 Å². The summed E-state index contributed by atoms with van der Waals surface area (Å²) < 4.78 is 0. The highest BCUT2D eigenvalue weighted by Gasteiger charge is 2.40. The van der Waals surface area contributed by atoms with E-state index in [2.05, 4.69) is 0 Å². The topological polar surface area (TPSA) is 83.7 Å². The summed E-state index contributed by atoms with van der Waals surface area (Å²) in [6.07, 6.45) is 6.85. The Kier molecular flexibility index (Phi) is 4.53. The maximum Gasteiger partial charge on any atom is 0.261 e. The third-order valence-electron chi connectivity index (χ3n) is 5.85. The SMILES string of the molecule is NC1CCCN(C(=O)c2ccc3c(c2)C(=O)N(C2CCCCC2)C3=O)C1. The van der Waals surface area contributed by atoms with Gasteiger partial charge in [-0.15, -0.1) is 0 Å². The molecule has 6 nitrogen and oxygen atoms in total. The van der Waals surface area contributed by atoms with Crippen LogP contribution in [0.15, 0.2) is 18.2 Å². The first-order chi connectivity index (χ1) is 12.6. The molecule has 1 aromatic rings. The first-order valence-electron chi connectivity index (χ1n) is 9.63. The minimum absolute atomic E-state index is 0.00426. The summed E-state index contributed by atoms with van der Waals surface area (Å²) in [5, 5.41) is 0. The Hall–Kier alpha value is -2.21. The van der Waals surface area contributed by atoms with Crippen LogP contribution >= 0.6 is 0 Å². The van der Waals surface area contributed by atoms with Crippen molar-refractivity contribution in [2.24, 2.45) is 5.73 Å². The number of rotatable bonds is 2. The number of hydrogen-bond acceptors (Lipinski definition) is 4. The molecule has 0 aromatic heterocycles. The lowest BCUT2D eigenvalue weighted by Gasteiger charge is -2.30. The van der Waals surface area contributed by atoms with Gasteiger partial charge >= 0.3 is 0 Å². The summed E-state index contributed by atoms with van der Waals surface area (Å²) in [5.41, 5.74) is 7.23. The molecule has 0 bridgehead atoms. The van der Waals surface area contributed by atoms with Crippen molar-refractivity contribution in [1.82, 2.24) is 9.80 Å². The molecule has 1 unspecified atom stereocenters. The summed E-state index contributed by atoms with van der Waals surface area (Å²) >= 11 is 0. The normalized spacial score (nSPS) is 24.1. The Morgan fingerprint density at radius 2 is 1.69 bits per heavy atom. The van der Waals surface area contributed by atoms with Crippen LogP contribution in [0.3, 0.4) is 0 Å². The van der Waals surface area contributed by atoms with Crippen molar-refractivity contribution in [3.8, 4) is 0 Å². The number of nitrogens with two attached hydrogens (primary N) is 1. The zero-order chi connectivity index (χ0) is 18.3. The van der Waals surface area contributed by atoms with Gasteiger partial charge in [0.05, 0.1) is 11.1 Å². The van der Waals surface area contributed by atoms with E-state index in [-0.39, 0.29) is 29.8 Å². The predicted octanol–water partition coefficient (Wildman–Crippen LogP) is 2.18. The zero-order valence-corrected chi connectivity index (χ0v) is 14.9. The smallest absolute Gasteiger partial charge is 0.261 e. The van der Waals surface area contributed by atoms with Gasteiger partial charge in [-0.2, -0.15) is 0 Å². The van der Waals surface area contributed by atoms with Gasteiger partial charge < -0.3 is 10.6 Å². The molecule has 26 heavy (non-hydrogen) atoms. The summed E-state index contributed by atoms with van der Waals surface area (Å²) in [7, 11) is 0. The van der Waals surface area contributed by atoms with Crippen LogP contribution in [0, 0.1) is 0 Å². The molecule has 1 saturated carbocycles. The second-order valence-corrected chi connectivity index (χ2v) is 7.69. The number of nitrogens with zero attached hydrogens (tertiary/aromatic N) is 2. The Labute approximate surface area is 153 Å². The number of carbonyl (C=O) groups excluding carboxylic acids is 3. The van der Waals surface area contributed by atoms with Crippen LogP contribution in [0.25, 0.3) is 0 Å². The number of piperidine rings is 1. The van der Waals surface area contributed by atoms with Gasteiger partial charge in [0.25, 0.3) is 17.7 Å². The largest absolute Gasteiger partial charge is 0.337 e. The van der Waals surface area contributed by atoms with Gasteiger partial charge in [-0.05, 0) is 43.9 Å². The summed E-state index contributed by atoms with van der Waals surface area (Å²) in [5.74, 6) is -0.572. The molecule has 1 atom stereocenters. The molecule has 1 aromatic carbocycles. The quantitative estimate of drug-likeness (QED) is 0.824. The molecule has 1 aliphatic carbocycles. The molecule has 1 saturated heterocycles. The second-order valence-electron chi connectivity index (χ2n) is 7.69. The average molecular weight is 355 g/mol. The first-order valence-corrected chi connectivity index (χ1v) is 9.63. The molecule has 2 N–H and O–H groups in total. The van der Waals surface area contributed by atoms with Gasteiger partial charge in [0.2, 0.25) is 0 Å². The van der Waals surface area contributed by atoms with E-state index in [4.69, 9.17) is 5.73 Å². The van der Waals surface area contributed by atoms with Gasteiger partial charge in [0, 0.05) is 30.7 Å². The molecule has 3 amide bonds. The first kappa shape index (κ1) is 17.2. The molecular weight excluding hydrogens is 330 g/mol. The van der Waals surface area contributed by atoms with Gasteiger partial charge in [-0.25, -0.2) is 0 Å². The Bertz CT molecular complexity index is 755. The fourth-order valence-electron chi connectivity index (χ4n) is 4.44. The minimum Gasteiger partial charge on any atom is -0.337 e. The Morgan fingerprint density at radius 1 is 0.962 bits per heavy atom. The lowest BCUT2D eigenvalue weighted by Crippen LogP contribution is -2.45. The minimum atomic E-state index is -0.248. The number of benzene rings is 1. The monoisotopic (exact) mass is 355 g/mol. The highest BCUT2D eigenvalue weighted by atomic mass is 16.2. The van der Waals surface area contributed by atoms with Gasteiger partial charge in [-0.1, -0.05) is 19.3 Å². The van der Waals surface area contributed by atoms with Crippen molar-refractivity contribution < 1.29 is 14.4 Å². The van der Waals surface area contributed by atoms with Crippen molar-refractivity contribution in [3.05, 3.63) is 34.9 Å². The van der Waals surface area contributed by atoms with Crippen LogP contribution in [0.2, 0.25) is 0 Å². The molecule has 0 radical (unpaired) electrons. The van der Waals surface area contributed by atoms with Crippen molar-refractivity contribution in [2.75, 3.05) is 13.1 Å². The van der Waals surface area contributed by atoms with Crippen molar-refractivity contribution in [2.45, 2.75) is 57.0 Å². The molecule has 2 heterocycles. The van der Waals surface area contributed by atoms with Crippen LogP contribution in [0.5, 0.6) is 0 Å². The Morgan fingerprint density at radius 3 is 2.42 bits per heavy atom. The van der Waals surface area contributed by atoms with E-state index >= 15 is 0 Å². The number of amides is 3. The predicted molar refractivity (Wildman–Crippen MR) is 96.9 cm³/mol.